The summed E-state index contributed by atoms with van der Waals surface area (Å²) in [5.74, 6) is 0. The van der Waals surface area contributed by atoms with Crippen molar-refractivity contribution in [2.75, 3.05) is 45.9 Å². The Hall–Kier alpha value is 0.380. The summed E-state index contributed by atoms with van der Waals surface area (Å²) in [6.45, 7) is 26.3. The molecule has 0 saturated heterocycles. The van der Waals surface area contributed by atoms with Crippen LogP contribution in [0.25, 0.3) is 16.0 Å². The quantitative estimate of drug-likeness (QED) is 0.484. The number of hydrogen-bond acceptors (Lipinski definition) is 2. The summed E-state index contributed by atoms with van der Waals surface area (Å²) in [7, 11) is 0. The van der Waals surface area contributed by atoms with Crippen molar-refractivity contribution in [3.8, 4) is 0 Å². The molecule has 0 rings (SSSR count). The second-order valence-electron chi connectivity index (χ2n) is 5.16. The van der Waals surface area contributed by atoms with Gasteiger partial charge in [-0.05, 0) is 6.92 Å². The average Bonchev–Trinajstić information content (AvgIpc) is 2.52. The maximum absolute atomic E-state index is 7.57. The molecule has 0 aliphatic rings. The molecule has 0 atom stereocenters. The molecule has 0 radical (unpaired) electrons. The van der Waals surface area contributed by atoms with Crippen LogP contribution in [0.4, 0.5) is 0 Å². The molecule has 24 heavy (non-hydrogen) atoms. The normalized spacial score (nSPS) is 8.75. The monoisotopic (exact) mass is 514 g/mol. The van der Waals surface area contributed by atoms with Crippen molar-refractivity contribution in [1.29, 1.82) is 0 Å². The minimum atomic E-state index is 0.216. The number of nitrogens with zero attached hydrogens (tertiary/aromatic N) is 4. The first kappa shape index (κ1) is 35.5. The molecule has 0 aromatic heterocycles. The zero-order valence-electron chi connectivity index (χ0n) is 18.1. The minimum absolute atomic E-state index is 0.216. The number of aliphatic hydroxyl groups is 1. The van der Waals surface area contributed by atoms with Crippen molar-refractivity contribution in [3.63, 3.8) is 0 Å². The zero-order chi connectivity index (χ0) is 20.3. The van der Waals surface area contributed by atoms with Crippen LogP contribution >= 0.6 is 0 Å². The van der Waals surface area contributed by atoms with Gasteiger partial charge in [0, 0.05) is 6.61 Å². The minimum Gasteiger partial charge on any atom is -0.663 e. The van der Waals surface area contributed by atoms with E-state index in [1.807, 2.05) is 41.5 Å². The maximum Gasteiger partial charge on any atom is 0.0402 e. The van der Waals surface area contributed by atoms with Gasteiger partial charge in [0.25, 0.3) is 0 Å². The fourth-order valence-electron chi connectivity index (χ4n) is 0.671. The molecule has 0 aliphatic heterocycles. The van der Waals surface area contributed by atoms with Crippen LogP contribution < -0.4 is 0 Å². The van der Waals surface area contributed by atoms with Crippen molar-refractivity contribution in [3.05, 3.63) is 16.0 Å². The summed E-state index contributed by atoms with van der Waals surface area (Å²) in [5, 5.41) is 19.5. The third kappa shape index (κ3) is 116. The van der Waals surface area contributed by atoms with E-state index in [1.54, 1.807) is 6.92 Å². The maximum atomic E-state index is 7.57. The molecule has 6 heteroatoms. The average molecular weight is 515 g/mol. The van der Waals surface area contributed by atoms with E-state index in [9.17, 15) is 0 Å². The van der Waals surface area contributed by atoms with Crippen LogP contribution in [0.3, 0.4) is 0 Å². The third-order valence-electron chi connectivity index (χ3n) is 1.64. The van der Waals surface area contributed by atoms with E-state index in [-0.39, 0.29) is 12.1 Å². The van der Waals surface area contributed by atoms with Crippen LogP contribution in [0.15, 0.2) is 3.34 Å². The van der Waals surface area contributed by atoms with Crippen LogP contribution in [0.2, 0.25) is 0 Å². The van der Waals surface area contributed by atoms with Crippen LogP contribution in [-0.4, -0.2) is 56.5 Å². The van der Waals surface area contributed by atoms with E-state index < -0.39 is 0 Å². The predicted octanol–water partition coefficient (Wildman–Crippen LogP) is 5.71. The molecule has 0 spiro atoms. The van der Waals surface area contributed by atoms with Gasteiger partial charge in [0.1, 0.15) is 0 Å². The Morgan fingerprint density at radius 2 is 0.792 bits per heavy atom. The van der Waals surface area contributed by atoms with Crippen molar-refractivity contribution < 1.29 is 26.0 Å². The molecular formula is C18H45N4OTa-3. The van der Waals surface area contributed by atoms with Gasteiger partial charge >= 0.3 is 50.5 Å². The molecule has 0 fully saturated rings. The van der Waals surface area contributed by atoms with Crippen molar-refractivity contribution in [2.24, 2.45) is 3.34 Å². The topological polar surface area (TPSA) is 74.9 Å². The summed E-state index contributed by atoms with van der Waals surface area (Å²) >= 11 is 1.15. The van der Waals surface area contributed by atoms with Gasteiger partial charge in [0.2, 0.25) is 0 Å². The van der Waals surface area contributed by atoms with Gasteiger partial charge < -0.3 is 21.1 Å². The van der Waals surface area contributed by atoms with Crippen LogP contribution in [-0.2, 0) is 20.9 Å². The molecule has 0 bridgehead atoms. The van der Waals surface area contributed by atoms with E-state index in [1.165, 1.54) is 0 Å². The fourth-order valence-corrected chi connectivity index (χ4v) is 0.671. The van der Waals surface area contributed by atoms with Crippen LogP contribution in [0, 0.1) is 0 Å². The smallest absolute Gasteiger partial charge is 0.0402 e. The molecule has 0 heterocycles. The first-order valence-corrected chi connectivity index (χ1v) is 10.5. The van der Waals surface area contributed by atoms with Crippen molar-refractivity contribution in [2.45, 2.75) is 74.8 Å². The molecule has 0 aromatic carbocycles. The molecular weight excluding hydrogens is 469 g/mol. The molecule has 5 nitrogen and oxygen atoms in total. The van der Waals surface area contributed by atoms with Crippen LogP contribution in [0.1, 0.15) is 69.2 Å². The van der Waals surface area contributed by atoms with Gasteiger partial charge in [-0.3, -0.25) is 0 Å². The molecule has 1 N–H and O–H groups in total. The third-order valence-corrected chi connectivity index (χ3v) is 3.80. The first-order chi connectivity index (χ1) is 11.2. The summed E-state index contributed by atoms with van der Waals surface area (Å²) in [5.41, 5.74) is 0.216. The van der Waals surface area contributed by atoms with E-state index in [0.29, 0.717) is 0 Å². The Morgan fingerprint density at radius 3 is 0.792 bits per heavy atom. The molecule has 0 aromatic rings. The van der Waals surface area contributed by atoms with E-state index >= 15 is 0 Å². The molecule has 151 valence electrons. The zero-order valence-corrected chi connectivity index (χ0v) is 21.3. The number of rotatable bonds is 6. The Bertz CT molecular complexity index is 157. The summed E-state index contributed by atoms with van der Waals surface area (Å²) in [6.07, 6.45) is 0. The van der Waals surface area contributed by atoms with E-state index in [4.69, 9.17) is 5.11 Å². The van der Waals surface area contributed by atoms with Gasteiger partial charge in [0.15, 0.2) is 0 Å². The summed E-state index contributed by atoms with van der Waals surface area (Å²) in [6, 6.07) is 0. The number of hydrogen-bond donors (Lipinski definition) is 1. The fraction of sp³-hybridized carbons (Fsp3) is 1.00. The van der Waals surface area contributed by atoms with Crippen LogP contribution in [0.5, 0.6) is 0 Å². The van der Waals surface area contributed by atoms with Gasteiger partial charge in [-0.25, -0.2) is 0 Å². The first-order valence-electron chi connectivity index (χ1n) is 9.09. The van der Waals surface area contributed by atoms with Gasteiger partial charge in [-0.1, -0.05) is 41.5 Å². The van der Waals surface area contributed by atoms with Gasteiger partial charge in [-0.15, -0.1) is 0 Å². The number of aliphatic hydroxyl groups excluding tert-OH is 1. The Labute approximate surface area is 165 Å². The van der Waals surface area contributed by atoms with Crippen molar-refractivity contribution in [1.82, 2.24) is 0 Å². The Morgan fingerprint density at radius 1 is 0.667 bits per heavy atom. The largest absolute Gasteiger partial charge is 0.663 e. The van der Waals surface area contributed by atoms with Gasteiger partial charge in [0.05, 0.1) is 0 Å². The van der Waals surface area contributed by atoms with E-state index in [2.05, 4.69) is 40.1 Å². The second kappa shape index (κ2) is 38.8. The summed E-state index contributed by atoms with van der Waals surface area (Å²) < 4.78 is 4.13. The molecule has 0 amide bonds. The predicted molar refractivity (Wildman–Crippen MR) is 108 cm³/mol. The van der Waals surface area contributed by atoms with E-state index in [0.717, 1.165) is 60.2 Å². The Kier molecular flexibility index (Phi) is 57.3. The standard InChI is InChI=1S/C4H9N.3C4H10N.C2H6O.Ta/c1-4(2,3)5;3*1-3-5-4-2;1-2-3;/h1-3H3;3*3-4H2,1-2H3;3H,2H2,1H3;/q;3*-1;;. The Balaban J connectivity index is -0.0000000636. The molecule has 0 saturated carbocycles. The summed E-state index contributed by atoms with van der Waals surface area (Å²) in [4.78, 5) is 0. The molecule has 0 aliphatic carbocycles. The second-order valence-corrected chi connectivity index (χ2v) is 5.87. The molecule has 0 unspecified atom stereocenters. The van der Waals surface area contributed by atoms with Gasteiger partial charge in [-0.2, -0.15) is 39.3 Å². The van der Waals surface area contributed by atoms with Crippen molar-refractivity contribution >= 4 is 0 Å². The SMILES string of the molecule is CC(C)(C)[N]=[Ta].CCO.CC[N-]CC.CC[N-]CC.CC[N-]CC.